The average Bonchev–Trinajstić information content (AvgIpc) is 2.57. The number of hydrogen-bond acceptors (Lipinski definition) is 3. The van der Waals surface area contributed by atoms with Gasteiger partial charge in [-0.25, -0.2) is 9.97 Å². The van der Waals surface area contributed by atoms with Crippen LogP contribution in [0.5, 0.6) is 0 Å². The van der Waals surface area contributed by atoms with Gasteiger partial charge in [0, 0.05) is 12.7 Å². The van der Waals surface area contributed by atoms with Crippen molar-refractivity contribution >= 4 is 17.1 Å². The predicted octanol–water partition coefficient (Wildman–Crippen LogP) is 2.70. The average molecular weight is 244 g/mol. The van der Waals surface area contributed by atoms with Crippen LogP contribution in [0.1, 0.15) is 27.7 Å². The Balaban J connectivity index is 2.00. The number of imidazole rings is 1. The summed E-state index contributed by atoms with van der Waals surface area (Å²) in [6.07, 6.45) is 1.79. The van der Waals surface area contributed by atoms with Crippen molar-refractivity contribution in [3.05, 3.63) is 18.3 Å². The maximum atomic E-state index is 6.02. The van der Waals surface area contributed by atoms with E-state index in [1.54, 1.807) is 6.20 Å². The first kappa shape index (κ1) is 11.5. The number of fused-ring (bicyclic) bond motifs is 1. The Kier molecular flexibility index (Phi) is 2.08. The van der Waals surface area contributed by atoms with Crippen molar-refractivity contribution in [3.8, 4) is 0 Å². The fourth-order valence-electron chi connectivity index (χ4n) is 3.13. The van der Waals surface area contributed by atoms with E-state index in [9.17, 15) is 0 Å². The summed E-state index contributed by atoms with van der Waals surface area (Å²) in [4.78, 5) is 8.77. The standard InChI is InChI=1S/C14H20N4/c1-13(2)10(14(13,3)4)8-18-11-9(17-12(18)15)6-5-7-16-11/h5-7,10H,8H2,1-4H3,(H2,15,17). The Hall–Kier alpha value is -1.58. The molecule has 0 saturated heterocycles. The molecule has 1 aliphatic rings. The third kappa shape index (κ3) is 1.32. The zero-order chi connectivity index (χ0) is 13.1. The first-order chi connectivity index (χ1) is 8.35. The maximum absolute atomic E-state index is 6.02. The lowest BCUT2D eigenvalue weighted by Gasteiger charge is -2.07. The van der Waals surface area contributed by atoms with Crippen LogP contribution in [0.4, 0.5) is 5.95 Å². The lowest BCUT2D eigenvalue weighted by molar-refractivity contribution is 0.457. The Morgan fingerprint density at radius 3 is 2.56 bits per heavy atom. The lowest BCUT2D eigenvalue weighted by Crippen LogP contribution is -2.08. The highest BCUT2D eigenvalue weighted by molar-refractivity contribution is 5.73. The summed E-state index contributed by atoms with van der Waals surface area (Å²) in [5.74, 6) is 1.19. The molecule has 0 amide bonds. The van der Waals surface area contributed by atoms with E-state index in [2.05, 4.69) is 42.2 Å². The third-order valence-electron chi connectivity index (χ3n) is 5.22. The zero-order valence-corrected chi connectivity index (χ0v) is 11.4. The molecule has 96 valence electrons. The molecule has 18 heavy (non-hydrogen) atoms. The fraction of sp³-hybridized carbons (Fsp3) is 0.571. The summed E-state index contributed by atoms with van der Waals surface area (Å²) in [5.41, 5.74) is 8.50. The van der Waals surface area contributed by atoms with Crippen molar-refractivity contribution < 1.29 is 0 Å². The molecule has 0 radical (unpaired) electrons. The van der Waals surface area contributed by atoms with E-state index in [0.29, 0.717) is 22.7 Å². The van der Waals surface area contributed by atoms with Gasteiger partial charge in [0.25, 0.3) is 0 Å². The highest BCUT2D eigenvalue weighted by Gasteiger charge is 2.64. The van der Waals surface area contributed by atoms with Crippen molar-refractivity contribution in [3.63, 3.8) is 0 Å². The number of anilines is 1. The van der Waals surface area contributed by atoms with Gasteiger partial charge in [-0.1, -0.05) is 27.7 Å². The van der Waals surface area contributed by atoms with Gasteiger partial charge in [0.1, 0.15) is 5.52 Å². The smallest absolute Gasteiger partial charge is 0.202 e. The molecule has 0 aromatic carbocycles. The number of pyridine rings is 1. The first-order valence-electron chi connectivity index (χ1n) is 6.42. The molecular weight excluding hydrogens is 224 g/mol. The molecule has 2 aromatic rings. The predicted molar refractivity (Wildman–Crippen MR) is 73.0 cm³/mol. The molecule has 1 saturated carbocycles. The fourth-order valence-corrected chi connectivity index (χ4v) is 3.13. The normalized spacial score (nSPS) is 21.3. The first-order valence-corrected chi connectivity index (χ1v) is 6.42. The molecule has 0 atom stereocenters. The molecule has 0 bridgehead atoms. The van der Waals surface area contributed by atoms with E-state index in [4.69, 9.17) is 5.73 Å². The minimum absolute atomic E-state index is 0.352. The number of nitrogens with two attached hydrogens (primary N) is 1. The van der Waals surface area contributed by atoms with Gasteiger partial charge >= 0.3 is 0 Å². The van der Waals surface area contributed by atoms with E-state index >= 15 is 0 Å². The second-order valence-corrected chi connectivity index (χ2v) is 6.42. The minimum Gasteiger partial charge on any atom is -0.369 e. The number of nitrogen functional groups attached to an aromatic ring is 1. The largest absolute Gasteiger partial charge is 0.369 e. The SMILES string of the molecule is CC1(C)C(Cn2c(N)nc3cccnc32)C1(C)C. The molecule has 0 aliphatic heterocycles. The topological polar surface area (TPSA) is 56.7 Å². The highest BCUT2D eigenvalue weighted by atomic mass is 15.2. The molecule has 2 N–H and O–H groups in total. The van der Waals surface area contributed by atoms with Gasteiger partial charge < -0.3 is 5.73 Å². The van der Waals surface area contributed by atoms with Crippen LogP contribution in [0.3, 0.4) is 0 Å². The molecule has 1 aliphatic carbocycles. The molecular formula is C14H20N4. The van der Waals surface area contributed by atoms with E-state index in [-0.39, 0.29) is 0 Å². The van der Waals surface area contributed by atoms with Crippen molar-refractivity contribution in [2.24, 2.45) is 16.7 Å². The van der Waals surface area contributed by atoms with Crippen LogP contribution in [0.25, 0.3) is 11.2 Å². The number of rotatable bonds is 2. The van der Waals surface area contributed by atoms with Crippen LogP contribution in [0.15, 0.2) is 18.3 Å². The Labute approximate surface area is 107 Å². The molecule has 2 heterocycles. The zero-order valence-electron chi connectivity index (χ0n) is 11.4. The van der Waals surface area contributed by atoms with E-state index in [1.807, 2.05) is 12.1 Å². The van der Waals surface area contributed by atoms with Crippen molar-refractivity contribution in [1.82, 2.24) is 14.5 Å². The highest BCUT2D eigenvalue weighted by Crippen LogP contribution is 2.69. The van der Waals surface area contributed by atoms with Crippen LogP contribution in [0, 0.1) is 16.7 Å². The van der Waals surface area contributed by atoms with Crippen LogP contribution in [-0.2, 0) is 6.54 Å². The van der Waals surface area contributed by atoms with Gasteiger partial charge in [-0.3, -0.25) is 4.57 Å². The van der Waals surface area contributed by atoms with Crippen molar-refractivity contribution in [2.75, 3.05) is 5.73 Å². The molecule has 2 aromatic heterocycles. The summed E-state index contributed by atoms with van der Waals surface area (Å²) in [5, 5.41) is 0. The van der Waals surface area contributed by atoms with Gasteiger partial charge in [0.2, 0.25) is 5.95 Å². The van der Waals surface area contributed by atoms with E-state index in [1.165, 1.54) is 0 Å². The maximum Gasteiger partial charge on any atom is 0.202 e. The monoisotopic (exact) mass is 244 g/mol. The summed E-state index contributed by atoms with van der Waals surface area (Å²) >= 11 is 0. The van der Waals surface area contributed by atoms with Crippen LogP contribution < -0.4 is 5.73 Å². The third-order valence-corrected chi connectivity index (χ3v) is 5.22. The molecule has 1 fully saturated rings. The van der Waals surface area contributed by atoms with Crippen molar-refractivity contribution in [1.29, 1.82) is 0 Å². The Bertz CT molecular complexity index is 595. The quantitative estimate of drug-likeness (QED) is 0.883. The molecule has 0 unspecified atom stereocenters. The summed E-state index contributed by atoms with van der Waals surface area (Å²) < 4.78 is 2.05. The number of nitrogens with zero attached hydrogens (tertiary/aromatic N) is 3. The van der Waals surface area contributed by atoms with Gasteiger partial charge in [-0.05, 0) is 28.9 Å². The minimum atomic E-state index is 0.352. The number of hydrogen-bond donors (Lipinski definition) is 1. The second kappa shape index (κ2) is 3.25. The van der Waals surface area contributed by atoms with Crippen molar-refractivity contribution in [2.45, 2.75) is 34.2 Å². The van der Waals surface area contributed by atoms with Gasteiger partial charge in [0.05, 0.1) is 0 Å². The second-order valence-electron chi connectivity index (χ2n) is 6.42. The number of aromatic nitrogens is 3. The van der Waals surface area contributed by atoms with E-state index in [0.717, 1.165) is 17.7 Å². The Morgan fingerprint density at radius 2 is 1.94 bits per heavy atom. The van der Waals surface area contributed by atoms with Crippen LogP contribution in [0.2, 0.25) is 0 Å². The Morgan fingerprint density at radius 1 is 1.28 bits per heavy atom. The van der Waals surface area contributed by atoms with Crippen LogP contribution in [-0.4, -0.2) is 14.5 Å². The summed E-state index contributed by atoms with van der Waals surface area (Å²) in [6, 6.07) is 3.85. The van der Waals surface area contributed by atoms with Gasteiger partial charge in [-0.2, -0.15) is 0 Å². The summed E-state index contributed by atoms with van der Waals surface area (Å²) in [7, 11) is 0. The molecule has 0 spiro atoms. The lowest BCUT2D eigenvalue weighted by atomic mass is 10.0. The van der Waals surface area contributed by atoms with Gasteiger partial charge in [-0.15, -0.1) is 0 Å². The molecule has 4 heteroatoms. The molecule has 3 rings (SSSR count). The molecule has 4 nitrogen and oxygen atoms in total. The summed E-state index contributed by atoms with van der Waals surface area (Å²) in [6.45, 7) is 10.2. The van der Waals surface area contributed by atoms with Crippen LogP contribution >= 0.6 is 0 Å². The van der Waals surface area contributed by atoms with E-state index < -0.39 is 0 Å². The van der Waals surface area contributed by atoms with Gasteiger partial charge in [0.15, 0.2) is 5.65 Å².